The molecule has 82 valence electrons. The maximum absolute atomic E-state index is 5.46. The first-order valence-corrected chi connectivity index (χ1v) is 5.49. The SMILES string of the molecule is C#CC(CC)NCc1coc2ccccc12. The molecule has 2 aromatic rings. The van der Waals surface area contributed by atoms with Gasteiger partial charge in [0.05, 0.1) is 12.3 Å². The minimum absolute atomic E-state index is 0.133. The van der Waals surface area contributed by atoms with E-state index >= 15 is 0 Å². The second-order valence-corrected chi connectivity index (χ2v) is 3.77. The summed E-state index contributed by atoms with van der Waals surface area (Å²) in [5.74, 6) is 2.72. The van der Waals surface area contributed by atoms with E-state index in [2.05, 4.69) is 24.2 Å². The van der Waals surface area contributed by atoms with Gasteiger partial charge in [-0.3, -0.25) is 5.32 Å². The molecule has 0 aliphatic carbocycles. The number of hydrogen-bond acceptors (Lipinski definition) is 2. The van der Waals surface area contributed by atoms with Gasteiger partial charge in [0.1, 0.15) is 5.58 Å². The van der Waals surface area contributed by atoms with Crippen molar-refractivity contribution in [2.45, 2.75) is 25.9 Å². The predicted octanol–water partition coefficient (Wildman–Crippen LogP) is 2.93. The highest BCUT2D eigenvalue weighted by Gasteiger charge is 2.06. The topological polar surface area (TPSA) is 25.2 Å². The van der Waals surface area contributed by atoms with Gasteiger partial charge in [-0.2, -0.15) is 0 Å². The van der Waals surface area contributed by atoms with Crippen LogP contribution in [0.15, 0.2) is 34.9 Å². The van der Waals surface area contributed by atoms with Crippen LogP contribution < -0.4 is 5.32 Å². The molecule has 1 aromatic heterocycles. The van der Waals surface area contributed by atoms with Crippen LogP contribution in [-0.2, 0) is 6.54 Å². The van der Waals surface area contributed by atoms with Crippen molar-refractivity contribution < 1.29 is 4.42 Å². The van der Waals surface area contributed by atoms with Crippen LogP contribution in [0.25, 0.3) is 11.0 Å². The van der Waals surface area contributed by atoms with Crippen LogP contribution in [0.4, 0.5) is 0 Å². The van der Waals surface area contributed by atoms with Crippen LogP contribution in [0.5, 0.6) is 0 Å². The lowest BCUT2D eigenvalue weighted by Gasteiger charge is -2.09. The Kier molecular flexibility index (Phi) is 3.28. The molecule has 2 heteroatoms. The normalized spacial score (nSPS) is 12.5. The lowest BCUT2D eigenvalue weighted by Crippen LogP contribution is -2.25. The minimum atomic E-state index is 0.133. The highest BCUT2D eigenvalue weighted by Crippen LogP contribution is 2.20. The second kappa shape index (κ2) is 4.87. The van der Waals surface area contributed by atoms with Crippen molar-refractivity contribution in [3.63, 3.8) is 0 Å². The number of fused-ring (bicyclic) bond motifs is 1. The molecule has 1 aromatic carbocycles. The second-order valence-electron chi connectivity index (χ2n) is 3.77. The molecular formula is C14H15NO. The van der Waals surface area contributed by atoms with Gasteiger partial charge >= 0.3 is 0 Å². The molecule has 0 saturated carbocycles. The van der Waals surface area contributed by atoms with Crippen LogP contribution in [0, 0.1) is 12.3 Å². The van der Waals surface area contributed by atoms with Crippen molar-refractivity contribution in [3.8, 4) is 12.3 Å². The average Bonchev–Trinajstić information content (AvgIpc) is 2.74. The first-order valence-electron chi connectivity index (χ1n) is 5.49. The Morgan fingerprint density at radius 3 is 3.00 bits per heavy atom. The van der Waals surface area contributed by atoms with E-state index in [4.69, 9.17) is 10.8 Å². The molecule has 0 saturated heterocycles. The molecule has 0 aliphatic heterocycles. The number of nitrogens with one attached hydrogen (secondary N) is 1. The lowest BCUT2D eigenvalue weighted by molar-refractivity contribution is 0.575. The van der Waals surface area contributed by atoms with Gasteiger partial charge in [0.25, 0.3) is 0 Å². The highest BCUT2D eigenvalue weighted by atomic mass is 16.3. The Hall–Kier alpha value is -1.72. The van der Waals surface area contributed by atoms with Gasteiger partial charge in [-0.1, -0.05) is 31.0 Å². The fourth-order valence-corrected chi connectivity index (χ4v) is 1.72. The summed E-state index contributed by atoms with van der Waals surface area (Å²) in [6, 6.07) is 8.15. The maximum atomic E-state index is 5.46. The molecule has 2 nitrogen and oxygen atoms in total. The van der Waals surface area contributed by atoms with Crippen molar-refractivity contribution in [2.24, 2.45) is 0 Å². The first-order chi connectivity index (χ1) is 7.85. The number of para-hydroxylation sites is 1. The largest absolute Gasteiger partial charge is 0.464 e. The van der Waals surface area contributed by atoms with Crippen LogP contribution in [0.1, 0.15) is 18.9 Å². The number of terminal acetylenes is 1. The third kappa shape index (κ3) is 2.10. The van der Waals surface area contributed by atoms with Gasteiger partial charge in [-0.05, 0) is 12.5 Å². The van der Waals surface area contributed by atoms with Crippen molar-refractivity contribution in [1.82, 2.24) is 5.32 Å². The molecular weight excluding hydrogens is 198 g/mol. The van der Waals surface area contributed by atoms with E-state index in [1.54, 1.807) is 6.26 Å². The molecule has 0 bridgehead atoms. The third-order valence-corrected chi connectivity index (χ3v) is 2.71. The average molecular weight is 213 g/mol. The first kappa shape index (κ1) is 10.8. The van der Waals surface area contributed by atoms with Crippen molar-refractivity contribution in [1.29, 1.82) is 0 Å². The van der Waals surface area contributed by atoms with Gasteiger partial charge in [-0.15, -0.1) is 6.42 Å². The van der Waals surface area contributed by atoms with E-state index in [0.29, 0.717) is 0 Å². The number of hydrogen-bond donors (Lipinski definition) is 1. The summed E-state index contributed by atoms with van der Waals surface area (Å²) in [5, 5.41) is 4.47. The third-order valence-electron chi connectivity index (χ3n) is 2.71. The number of rotatable bonds is 4. The molecule has 1 N–H and O–H groups in total. The number of benzene rings is 1. The van der Waals surface area contributed by atoms with Gasteiger partial charge in [0.2, 0.25) is 0 Å². The van der Waals surface area contributed by atoms with Crippen molar-refractivity contribution >= 4 is 11.0 Å². The van der Waals surface area contributed by atoms with E-state index in [9.17, 15) is 0 Å². The van der Waals surface area contributed by atoms with E-state index in [-0.39, 0.29) is 6.04 Å². The molecule has 1 atom stereocenters. The number of furan rings is 1. The summed E-state index contributed by atoms with van der Waals surface area (Å²) in [4.78, 5) is 0. The summed E-state index contributed by atoms with van der Waals surface area (Å²) >= 11 is 0. The zero-order valence-electron chi connectivity index (χ0n) is 9.36. The Bertz CT molecular complexity index is 507. The molecule has 2 rings (SSSR count). The summed E-state index contributed by atoms with van der Waals surface area (Å²) < 4.78 is 5.46. The monoisotopic (exact) mass is 213 g/mol. The van der Waals surface area contributed by atoms with E-state index in [1.807, 2.05) is 18.2 Å². The van der Waals surface area contributed by atoms with E-state index in [1.165, 1.54) is 0 Å². The fraction of sp³-hybridized carbons (Fsp3) is 0.286. The fourth-order valence-electron chi connectivity index (χ4n) is 1.72. The summed E-state index contributed by atoms with van der Waals surface area (Å²) in [7, 11) is 0. The van der Waals surface area contributed by atoms with Crippen molar-refractivity contribution in [2.75, 3.05) is 0 Å². The predicted molar refractivity (Wildman–Crippen MR) is 66.0 cm³/mol. The lowest BCUT2D eigenvalue weighted by atomic mass is 10.1. The maximum Gasteiger partial charge on any atom is 0.134 e. The van der Waals surface area contributed by atoms with Crippen LogP contribution in [0.2, 0.25) is 0 Å². The summed E-state index contributed by atoms with van der Waals surface area (Å²) in [5.41, 5.74) is 2.08. The zero-order valence-corrected chi connectivity index (χ0v) is 9.36. The van der Waals surface area contributed by atoms with Crippen molar-refractivity contribution in [3.05, 3.63) is 36.1 Å². The smallest absolute Gasteiger partial charge is 0.134 e. The Balaban J connectivity index is 2.13. The van der Waals surface area contributed by atoms with Gasteiger partial charge in [-0.25, -0.2) is 0 Å². The minimum Gasteiger partial charge on any atom is -0.464 e. The molecule has 0 aliphatic rings. The summed E-state index contributed by atoms with van der Waals surface area (Å²) in [6.45, 7) is 2.82. The van der Waals surface area contributed by atoms with E-state index in [0.717, 1.165) is 29.5 Å². The molecule has 1 heterocycles. The van der Waals surface area contributed by atoms with Crippen LogP contribution >= 0.6 is 0 Å². The molecule has 1 unspecified atom stereocenters. The zero-order chi connectivity index (χ0) is 11.4. The Morgan fingerprint density at radius 2 is 2.25 bits per heavy atom. The highest BCUT2D eigenvalue weighted by molar-refractivity contribution is 5.80. The van der Waals surface area contributed by atoms with E-state index < -0.39 is 0 Å². The quantitative estimate of drug-likeness (QED) is 0.790. The Labute approximate surface area is 95.6 Å². The Morgan fingerprint density at radius 1 is 1.44 bits per heavy atom. The molecule has 0 radical (unpaired) electrons. The molecule has 0 spiro atoms. The standard InChI is InChI=1S/C14H15NO/c1-3-12(4-2)15-9-11-10-16-14-8-6-5-7-13(11)14/h1,5-8,10,12,15H,4,9H2,2H3. The van der Waals surface area contributed by atoms with Crippen LogP contribution in [-0.4, -0.2) is 6.04 Å². The van der Waals surface area contributed by atoms with Crippen LogP contribution in [0.3, 0.4) is 0 Å². The molecule has 0 amide bonds. The molecule has 16 heavy (non-hydrogen) atoms. The van der Waals surface area contributed by atoms with Gasteiger partial charge in [0.15, 0.2) is 0 Å². The van der Waals surface area contributed by atoms with Gasteiger partial charge < -0.3 is 4.42 Å². The molecule has 0 fully saturated rings. The summed E-state index contributed by atoms with van der Waals surface area (Å²) in [6.07, 6.45) is 8.13. The van der Waals surface area contributed by atoms with Gasteiger partial charge in [0, 0.05) is 17.5 Å².